The zero-order valence-electron chi connectivity index (χ0n) is 12.4. The number of hydrogen-bond acceptors (Lipinski definition) is 5. The van der Waals surface area contributed by atoms with Gasteiger partial charge in [-0.1, -0.05) is 23.7 Å². The lowest BCUT2D eigenvalue weighted by molar-refractivity contribution is -0.384. The highest BCUT2D eigenvalue weighted by molar-refractivity contribution is 8.18. The van der Waals surface area contributed by atoms with E-state index in [9.17, 15) is 19.3 Å². The number of amides is 1. The van der Waals surface area contributed by atoms with E-state index in [-0.39, 0.29) is 16.6 Å². The van der Waals surface area contributed by atoms with Gasteiger partial charge in [0.2, 0.25) is 0 Å². The van der Waals surface area contributed by atoms with E-state index in [0.29, 0.717) is 21.3 Å². The maximum atomic E-state index is 13.2. The van der Waals surface area contributed by atoms with Crippen molar-refractivity contribution < 1.29 is 14.1 Å². The second-order valence-corrected chi connectivity index (χ2v) is 6.37. The summed E-state index contributed by atoms with van der Waals surface area (Å²) in [5.74, 6) is -0.927. The average Bonchev–Trinajstić information content (AvgIpc) is 2.90. The predicted octanol–water partition coefficient (Wildman–Crippen LogP) is 4.28. The summed E-state index contributed by atoms with van der Waals surface area (Å²) in [6.07, 6.45) is 1.53. The number of rotatable bonds is 3. The number of aliphatic imine (C=N–C) groups is 1. The van der Waals surface area contributed by atoms with E-state index in [1.165, 1.54) is 42.5 Å². The summed E-state index contributed by atoms with van der Waals surface area (Å²) >= 11 is 6.78. The van der Waals surface area contributed by atoms with Crippen molar-refractivity contribution in [3.8, 4) is 0 Å². The first-order chi connectivity index (χ1) is 11.9. The van der Waals surface area contributed by atoms with Crippen LogP contribution in [0.4, 0.5) is 15.8 Å². The molecule has 1 aliphatic heterocycles. The van der Waals surface area contributed by atoms with Crippen LogP contribution in [0.2, 0.25) is 5.02 Å². The monoisotopic (exact) mass is 377 g/mol. The zero-order valence-corrected chi connectivity index (χ0v) is 14.0. The Morgan fingerprint density at radius 2 is 2.08 bits per heavy atom. The van der Waals surface area contributed by atoms with Crippen molar-refractivity contribution in [2.24, 2.45) is 4.99 Å². The number of benzene rings is 2. The van der Waals surface area contributed by atoms with Crippen LogP contribution in [0.25, 0.3) is 6.08 Å². The highest BCUT2D eigenvalue weighted by Gasteiger charge is 2.24. The van der Waals surface area contributed by atoms with Crippen LogP contribution in [0.3, 0.4) is 0 Å². The van der Waals surface area contributed by atoms with Gasteiger partial charge in [0.15, 0.2) is 5.17 Å². The molecule has 0 saturated carbocycles. The van der Waals surface area contributed by atoms with Crippen molar-refractivity contribution in [1.29, 1.82) is 0 Å². The molecule has 25 heavy (non-hydrogen) atoms. The quantitative estimate of drug-likeness (QED) is 0.491. The van der Waals surface area contributed by atoms with Crippen molar-refractivity contribution >= 4 is 51.9 Å². The maximum absolute atomic E-state index is 13.2. The maximum Gasteiger partial charge on any atom is 0.270 e. The molecule has 6 nitrogen and oxygen atoms in total. The molecular weight excluding hydrogens is 369 g/mol. The number of carbonyl (C=O) groups excluding carboxylic acids is 1. The molecule has 0 unspecified atom stereocenters. The molecule has 1 N–H and O–H groups in total. The van der Waals surface area contributed by atoms with Gasteiger partial charge in [-0.15, -0.1) is 0 Å². The zero-order chi connectivity index (χ0) is 18.0. The Morgan fingerprint density at radius 3 is 2.80 bits per heavy atom. The summed E-state index contributed by atoms with van der Waals surface area (Å²) < 4.78 is 13.2. The van der Waals surface area contributed by atoms with Crippen molar-refractivity contribution in [2.75, 3.05) is 0 Å². The summed E-state index contributed by atoms with van der Waals surface area (Å²) in [6, 6.07) is 9.90. The predicted molar refractivity (Wildman–Crippen MR) is 95.3 cm³/mol. The third-order valence-electron chi connectivity index (χ3n) is 3.16. The number of halogens is 2. The highest BCUT2D eigenvalue weighted by atomic mass is 35.5. The standard InChI is InChI=1S/C16H9ClFN3O3S/c17-12-8-10(4-5-13(12)18)19-16-20-15(22)14(25-16)7-9-2-1-3-11(6-9)21(23)24/h1-8H,(H,19,20,22)/b14-7-. The molecule has 1 heterocycles. The van der Waals surface area contributed by atoms with Crippen LogP contribution in [-0.2, 0) is 4.79 Å². The van der Waals surface area contributed by atoms with E-state index in [4.69, 9.17) is 11.6 Å². The van der Waals surface area contributed by atoms with Gasteiger partial charge in [0.25, 0.3) is 11.6 Å². The largest absolute Gasteiger partial charge is 0.300 e. The van der Waals surface area contributed by atoms with Gasteiger partial charge >= 0.3 is 0 Å². The molecule has 3 rings (SSSR count). The molecule has 1 saturated heterocycles. The second-order valence-electron chi connectivity index (χ2n) is 4.93. The Hall–Kier alpha value is -2.71. The van der Waals surface area contributed by atoms with Crippen LogP contribution in [-0.4, -0.2) is 16.0 Å². The summed E-state index contributed by atoms with van der Waals surface area (Å²) in [5, 5.41) is 13.6. The first-order valence-corrected chi connectivity index (χ1v) is 8.11. The van der Waals surface area contributed by atoms with Gasteiger partial charge in [0.1, 0.15) is 5.82 Å². The van der Waals surface area contributed by atoms with Gasteiger partial charge in [-0.3, -0.25) is 14.9 Å². The minimum atomic E-state index is -0.556. The normalized spacial score (nSPS) is 17.1. The minimum absolute atomic E-state index is 0.0624. The SMILES string of the molecule is O=C1NC(=Nc2ccc(F)c(Cl)c2)S/C1=C\c1cccc([N+](=O)[O-])c1. The fourth-order valence-electron chi connectivity index (χ4n) is 2.03. The van der Waals surface area contributed by atoms with Gasteiger partial charge in [0, 0.05) is 12.1 Å². The number of amidine groups is 1. The molecule has 2 aromatic rings. The Bertz CT molecular complexity index is 946. The summed E-state index contributed by atoms with van der Waals surface area (Å²) in [5.41, 5.74) is 0.858. The van der Waals surface area contributed by atoms with E-state index < -0.39 is 10.7 Å². The Labute approximate surface area is 150 Å². The third kappa shape index (κ3) is 4.04. The summed E-state index contributed by atoms with van der Waals surface area (Å²) in [4.78, 5) is 26.9. The first kappa shape index (κ1) is 17.1. The lowest BCUT2D eigenvalue weighted by Gasteiger charge is -1.98. The van der Waals surface area contributed by atoms with Crippen LogP contribution in [0.1, 0.15) is 5.56 Å². The molecule has 0 spiro atoms. The highest BCUT2D eigenvalue weighted by Crippen LogP contribution is 2.29. The molecule has 0 bridgehead atoms. The van der Waals surface area contributed by atoms with Crippen molar-refractivity contribution in [3.05, 3.63) is 73.9 Å². The Balaban J connectivity index is 1.84. The minimum Gasteiger partial charge on any atom is -0.300 e. The van der Waals surface area contributed by atoms with E-state index in [0.717, 1.165) is 11.8 Å². The number of thioether (sulfide) groups is 1. The van der Waals surface area contributed by atoms with E-state index in [2.05, 4.69) is 10.3 Å². The molecular formula is C16H9ClFN3O3S. The number of nitro groups is 1. The van der Waals surface area contributed by atoms with Crippen molar-refractivity contribution in [3.63, 3.8) is 0 Å². The molecule has 9 heteroatoms. The fraction of sp³-hybridized carbons (Fsp3) is 0. The lowest BCUT2D eigenvalue weighted by atomic mass is 10.2. The number of carbonyl (C=O) groups is 1. The van der Waals surface area contributed by atoms with Crippen LogP contribution in [0.15, 0.2) is 52.4 Å². The van der Waals surface area contributed by atoms with Gasteiger partial charge < -0.3 is 5.32 Å². The van der Waals surface area contributed by atoms with E-state index in [1.54, 1.807) is 6.07 Å². The number of non-ortho nitro benzene ring substituents is 1. The van der Waals surface area contributed by atoms with Crippen molar-refractivity contribution in [1.82, 2.24) is 5.32 Å². The molecule has 0 aromatic heterocycles. The van der Waals surface area contributed by atoms with Crippen LogP contribution < -0.4 is 5.32 Å². The number of hydrogen-bond donors (Lipinski definition) is 1. The second kappa shape index (κ2) is 7.04. The van der Waals surface area contributed by atoms with E-state index in [1.807, 2.05) is 0 Å². The molecule has 1 amide bonds. The molecule has 126 valence electrons. The average molecular weight is 378 g/mol. The summed E-state index contributed by atoms with van der Waals surface area (Å²) in [6.45, 7) is 0. The Kier molecular flexibility index (Phi) is 4.82. The van der Waals surface area contributed by atoms with Gasteiger partial charge in [-0.05, 0) is 41.6 Å². The van der Waals surface area contributed by atoms with Gasteiger partial charge in [0.05, 0.1) is 20.5 Å². The first-order valence-electron chi connectivity index (χ1n) is 6.91. The van der Waals surface area contributed by atoms with Crippen molar-refractivity contribution in [2.45, 2.75) is 0 Å². The molecule has 0 radical (unpaired) electrons. The Morgan fingerprint density at radius 1 is 1.28 bits per heavy atom. The van der Waals surface area contributed by atoms with Crippen LogP contribution in [0, 0.1) is 15.9 Å². The number of nitrogens with zero attached hydrogens (tertiary/aromatic N) is 2. The molecule has 1 aliphatic rings. The van der Waals surface area contributed by atoms with Gasteiger partial charge in [-0.2, -0.15) is 0 Å². The lowest BCUT2D eigenvalue weighted by Crippen LogP contribution is -2.19. The van der Waals surface area contributed by atoms with E-state index >= 15 is 0 Å². The molecule has 1 fully saturated rings. The van der Waals surface area contributed by atoms with Crippen LogP contribution in [0.5, 0.6) is 0 Å². The van der Waals surface area contributed by atoms with Gasteiger partial charge in [-0.25, -0.2) is 9.38 Å². The molecule has 0 atom stereocenters. The summed E-state index contributed by atoms with van der Waals surface area (Å²) in [7, 11) is 0. The number of nitro benzene ring substituents is 1. The fourth-order valence-corrected chi connectivity index (χ4v) is 3.05. The molecule has 2 aromatic carbocycles. The molecule has 0 aliphatic carbocycles. The van der Waals surface area contributed by atoms with Crippen LogP contribution >= 0.6 is 23.4 Å². The topological polar surface area (TPSA) is 84.6 Å². The smallest absolute Gasteiger partial charge is 0.270 e. The third-order valence-corrected chi connectivity index (χ3v) is 4.36. The number of nitrogens with one attached hydrogen (secondary N) is 1.